The Kier molecular flexibility index (Phi) is 6.75. The summed E-state index contributed by atoms with van der Waals surface area (Å²) < 4.78 is 5.81. The van der Waals surface area contributed by atoms with E-state index in [9.17, 15) is 4.79 Å². The largest absolute Gasteiger partial charge is 0.491 e. The number of rotatable bonds is 8. The van der Waals surface area contributed by atoms with Crippen molar-refractivity contribution in [3.63, 3.8) is 0 Å². The zero-order valence-corrected chi connectivity index (χ0v) is 15.7. The van der Waals surface area contributed by atoms with E-state index in [2.05, 4.69) is 10.3 Å². The summed E-state index contributed by atoms with van der Waals surface area (Å²) in [4.78, 5) is 17.2. The standard InChI is InChI=1S/C20H19ClN2O2S/c21-16-8-1-2-10-18(16)26-14-19(24)22-12-5-13-25-17-9-3-6-15-7-4-11-23-20(15)17/h1-4,6-11H,5,12-14H2,(H,22,24). The second-order valence-corrected chi connectivity index (χ2v) is 7.03. The second kappa shape index (κ2) is 9.46. The molecule has 0 atom stereocenters. The molecule has 0 bridgehead atoms. The van der Waals surface area contributed by atoms with E-state index in [0.717, 1.165) is 28.0 Å². The number of thioether (sulfide) groups is 1. The lowest BCUT2D eigenvalue weighted by molar-refractivity contribution is -0.118. The quantitative estimate of drug-likeness (QED) is 0.455. The Balaban J connectivity index is 1.37. The van der Waals surface area contributed by atoms with Gasteiger partial charge in [0.2, 0.25) is 5.91 Å². The highest BCUT2D eigenvalue weighted by Gasteiger charge is 2.06. The fourth-order valence-corrected chi connectivity index (χ4v) is 3.50. The molecule has 0 aliphatic rings. The molecular formula is C20H19ClN2O2S. The fourth-order valence-electron chi connectivity index (χ4n) is 2.43. The molecule has 3 rings (SSSR count). The number of fused-ring (bicyclic) bond motifs is 1. The third-order valence-electron chi connectivity index (χ3n) is 3.69. The van der Waals surface area contributed by atoms with Crippen molar-refractivity contribution in [1.82, 2.24) is 10.3 Å². The highest BCUT2D eigenvalue weighted by atomic mass is 35.5. The van der Waals surface area contributed by atoms with Crippen molar-refractivity contribution < 1.29 is 9.53 Å². The topological polar surface area (TPSA) is 51.2 Å². The average molecular weight is 387 g/mol. The molecule has 0 saturated heterocycles. The molecule has 0 unspecified atom stereocenters. The van der Waals surface area contributed by atoms with Gasteiger partial charge in [-0.3, -0.25) is 9.78 Å². The van der Waals surface area contributed by atoms with Gasteiger partial charge in [-0.25, -0.2) is 0 Å². The summed E-state index contributed by atoms with van der Waals surface area (Å²) in [5, 5.41) is 4.62. The number of carbonyl (C=O) groups excluding carboxylic acids is 1. The van der Waals surface area contributed by atoms with Crippen LogP contribution in [0.4, 0.5) is 0 Å². The molecule has 6 heteroatoms. The number of nitrogens with zero attached hydrogens (tertiary/aromatic N) is 1. The molecule has 1 N–H and O–H groups in total. The van der Waals surface area contributed by atoms with Crippen LogP contribution in [0.2, 0.25) is 5.02 Å². The van der Waals surface area contributed by atoms with E-state index < -0.39 is 0 Å². The predicted octanol–water partition coefficient (Wildman–Crippen LogP) is 4.57. The lowest BCUT2D eigenvalue weighted by atomic mass is 10.2. The zero-order valence-electron chi connectivity index (χ0n) is 14.2. The molecule has 0 aliphatic carbocycles. The molecule has 0 radical (unpaired) electrons. The zero-order chi connectivity index (χ0) is 18.2. The summed E-state index contributed by atoms with van der Waals surface area (Å²) in [5.41, 5.74) is 0.857. The van der Waals surface area contributed by atoms with Crippen molar-refractivity contribution in [2.24, 2.45) is 0 Å². The molecule has 26 heavy (non-hydrogen) atoms. The lowest BCUT2D eigenvalue weighted by Crippen LogP contribution is -2.27. The van der Waals surface area contributed by atoms with E-state index in [1.807, 2.05) is 54.6 Å². The van der Waals surface area contributed by atoms with Gasteiger partial charge >= 0.3 is 0 Å². The van der Waals surface area contributed by atoms with Gasteiger partial charge in [0, 0.05) is 23.0 Å². The molecule has 1 aromatic heterocycles. The Morgan fingerprint density at radius 3 is 2.85 bits per heavy atom. The molecule has 1 amide bonds. The Morgan fingerprint density at radius 1 is 1.12 bits per heavy atom. The number of amides is 1. The van der Waals surface area contributed by atoms with Crippen LogP contribution in [0.15, 0.2) is 65.7 Å². The molecule has 2 aromatic carbocycles. The Hall–Kier alpha value is -2.24. The van der Waals surface area contributed by atoms with Crippen LogP contribution in [0.25, 0.3) is 10.9 Å². The van der Waals surface area contributed by atoms with E-state index in [-0.39, 0.29) is 5.91 Å². The summed E-state index contributed by atoms with van der Waals surface area (Å²) in [5.74, 6) is 1.10. The number of hydrogen-bond donors (Lipinski definition) is 1. The molecule has 134 valence electrons. The van der Waals surface area contributed by atoms with E-state index in [1.54, 1.807) is 6.20 Å². The summed E-state index contributed by atoms with van der Waals surface area (Å²) in [6.07, 6.45) is 2.48. The minimum Gasteiger partial charge on any atom is -0.491 e. The number of nitrogens with one attached hydrogen (secondary N) is 1. The number of aromatic nitrogens is 1. The minimum atomic E-state index is -0.0123. The number of hydrogen-bond acceptors (Lipinski definition) is 4. The number of benzene rings is 2. The van der Waals surface area contributed by atoms with Gasteiger partial charge in [0.15, 0.2) is 0 Å². The number of carbonyl (C=O) groups is 1. The van der Waals surface area contributed by atoms with E-state index >= 15 is 0 Å². The van der Waals surface area contributed by atoms with Crippen LogP contribution in [-0.2, 0) is 4.79 Å². The predicted molar refractivity (Wildman–Crippen MR) is 107 cm³/mol. The van der Waals surface area contributed by atoms with Crippen molar-refractivity contribution in [3.05, 3.63) is 65.8 Å². The maximum absolute atomic E-state index is 11.9. The van der Waals surface area contributed by atoms with E-state index in [0.29, 0.717) is 23.9 Å². The number of para-hydroxylation sites is 1. The third kappa shape index (κ3) is 5.13. The van der Waals surface area contributed by atoms with Crippen molar-refractivity contribution >= 4 is 40.2 Å². The Labute approximate surface area is 161 Å². The molecular weight excluding hydrogens is 368 g/mol. The first kappa shape index (κ1) is 18.5. The molecule has 3 aromatic rings. The van der Waals surface area contributed by atoms with Crippen molar-refractivity contribution in [1.29, 1.82) is 0 Å². The summed E-state index contributed by atoms with van der Waals surface area (Å²) in [6.45, 7) is 1.09. The van der Waals surface area contributed by atoms with Crippen molar-refractivity contribution in [2.45, 2.75) is 11.3 Å². The number of ether oxygens (including phenoxy) is 1. The van der Waals surface area contributed by atoms with Crippen molar-refractivity contribution in [2.75, 3.05) is 18.9 Å². The van der Waals surface area contributed by atoms with Gasteiger partial charge in [0.05, 0.1) is 17.4 Å². The van der Waals surface area contributed by atoms with Gasteiger partial charge in [0.25, 0.3) is 0 Å². The summed E-state index contributed by atoms with van der Waals surface area (Å²) in [6, 6.07) is 17.3. The van der Waals surface area contributed by atoms with Gasteiger partial charge in [-0.15, -0.1) is 11.8 Å². The van der Waals surface area contributed by atoms with Gasteiger partial charge in [0.1, 0.15) is 11.3 Å². The van der Waals surface area contributed by atoms with Gasteiger partial charge < -0.3 is 10.1 Å². The van der Waals surface area contributed by atoms with Crippen LogP contribution in [0, 0.1) is 0 Å². The second-order valence-electron chi connectivity index (χ2n) is 5.60. The molecule has 0 fully saturated rings. The van der Waals surface area contributed by atoms with E-state index in [1.165, 1.54) is 11.8 Å². The van der Waals surface area contributed by atoms with Gasteiger partial charge in [-0.1, -0.05) is 41.9 Å². The summed E-state index contributed by atoms with van der Waals surface area (Å²) in [7, 11) is 0. The monoisotopic (exact) mass is 386 g/mol. The Morgan fingerprint density at radius 2 is 1.96 bits per heavy atom. The average Bonchev–Trinajstić information content (AvgIpc) is 2.67. The molecule has 1 heterocycles. The van der Waals surface area contributed by atoms with Crippen LogP contribution in [0.1, 0.15) is 6.42 Å². The minimum absolute atomic E-state index is 0.0123. The third-order valence-corrected chi connectivity index (χ3v) is 5.21. The molecule has 0 aliphatic heterocycles. The number of halogens is 1. The maximum atomic E-state index is 11.9. The van der Waals surface area contributed by atoms with Crippen LogP contribution in [0.5, 0.6) is 5.75 Å². The van der Waals surface area contributed by atoms with Crippen LogP contribution < -0.4 is 10.1 Å². The molecule has 0 spiro atoms. The Bertz CT molecular complexity index is 883. The van der Waals surface area contributed by atoms with Gasteiger partial charge in [-0.2, -0.15) is 0 Å². The fraction of sp³-hybridized carbons (Fsp3) is 0.200. The molecule has 0 saturated carbocycles. The van der Waals surface area contributed by atoms with E-state index in [4.69, 9.17) is 16.3 Å². The molecule has 4 nitrogen and oxygen atoms in total. The first-order chi connectivity index (χ1) is 12.7. The summed E-state index contributed by atoms with van der Waals surface area (Å²) >= 11 is 7.51. The highest BCUT2D eigenvalue weighted by Crippen LogP contribution is 2.26. The van der Waals surface area contributed by atoms with Crippen LogP contribution in [0.3, 0.4) is 0 Å². The smallest absolute Gasteiger partial charge is 0.230 e. The van der Waals surface area contributed by atoms with Crippen molar-refractivity contribution in [3.8, 4) is 5.75 Å². The van der Waals surface area contributed by atoms with Crippen LogP contribution in [-0.4, -0.2) is 29.8 Å². The van der Waals surface area contributed by atoms with Crippen LogP contribution >= 0.6 is 23.4 Å². The first-order valence-electron chi connectivity index (χ1n) is 8.34. The van der Waals surface area contributed by atoms with Gasteiger partial charge in [-0.05, 0) is 30.7 Å². The normalized spacial score (nSPS) is 10.7. The highest BCUT2D eigenvalue weighted by molar-refractivity contribution is 8.00. The number of pyridine rings is 1. The maximum Gasteiger partial charge on any atom is 0.230 e. The lowest BCUT2D eigenvalue weighted by Gasteiger charge is -2.09. The SMILES string of the molecule is O=C(CSc1ccccc1Cl)NCCCOc1cccc2cccnc12. The first-order valence-corrected chi connectivity index (χ1v) is 9.71.